The van der Waals surface area contributed by atoms with Gasteiger partial charge in [0, 0.05) is 60.6 Å². The average molecular weight is 747 g/mol. The van der Waals surface area contributed by atoms with E-state index in [4.69, 9.17) is 9.84 Å². The van der Waals surface area contributed by atoms with Gasteiger partial charge in [0.15, 0.2) is 0 Å². The Kier molecular flexibility index (Phi) is 20.3. The molecule has 0 radical (unpaired) electrons. The normalized spacial score (nSPS) is 13.3. The minimum atomic E-state index is -0.902. The van der Waals surface area contributed by atoms with E-state index >= 15 is 0 Å². The van der Waals surface area contributed by atoms with Gasteiger partial charge in [-0.3, -0.25) is 9.69 Å². The predicted molar refractivity (Wildman–Crippen MR) is 225 cm³/mol. The van der Waals surface area contributed by atoms with Gasteiger partial charge in [0.25, 0.3) is 0 Å². The highest BCUT2D eigenvalue weighted by atomic mass is 32.1. The van der Waals surface area contributed by atoms with Crippen molar-refractivity contribution in [3.05, 3.63) is 70.3 Å². The Morgan fingerprint density at radius 2 is 1.42 bits per heavy atom. The number of nitrogens with one attached hydrogen (secondary N) is 2. The smallest absolute Gasteiger partial charge is 0.404 e. The standard InChI is InChI=1S/C25H27N3O2S.C19H39NO2/c29-25-9-7-19-6-8-20(18-22(19)26-25)30-16-2-1-11-27-12-14-28(15-13-27)23-4-3-5-24-21(23)10-17-31-24;1-2-3-4-5-6-7-8-9-10-11-12-13-14-15-16-17-18-20-19(21)22/h3-10,17-18H,1-2,11-16H2,(H,26,29);20H,2-18H2,1H3,(H,21,22). The molecule has 1 fully saturated rings. The van der Waals surface area contributed by atoms with Gasteiger partial charge in [-0.2, -0.15) is 0 Å². The highest BCUT2D eigenvalue weighted by molar-refractivity contribution is 7.17. The molecule has 1 amide bonds. The molecule has 3 heterocycles. The molecule has 2 aromatic carbocycles. The van der Waals surface area contributed by atoms with E-state index in [9.17, 15) is 9.59 Å². The maximum atomic E-state index is 11.5. The van der Waals surface area contributed by atoms with Crippen molar-refractivity contribution in [2.24, 2.45) is 0 Å². The number of aromatic nitrogens is 1. The van der Waals surface area contributed by atoms with Crippen molar-refractivity contribution >= 4 is 44.1 Å². The molecule has 2 aromatic heterocycles. The van der Waals surface area contributed by atoms with Gasteiger partial charge in [-0.25, -0.2) is 4.79 Å². The summed E-state index contributed by atoms with van der Waals surface area (Å²) in [6.45, 7) is 9.08. The summed E-state index contributed by atoms with van der Waals surface area (Å²) in [6.07, 6.45) is 22.9. The summed E-state index contributed by atoms with van der Waals surface area (Å²) in [7, 11) is 0. The van der Waals surface area contributed by atoms with Crippen LogP contribution in [0, 0.1) is 0 Å². The van der Waals surface area contributed by atoms with E-state index in [1.54, 1.807) is 6.07 Å². The molecule has 3 N–H and O–H groups in total. The SMILES string of the molecule is CCCCCCCCCCCCCCCCCCNC(=O)O.O=c1ccc2ccc(OCCCCN3CCN(c4cccc5sccc45)CC3)cc2[nH]1. The molecule has 1 aliphatic heterocycles. The van der Waals surface area contributed by atoms with Gasteiger partial charge in [0.05, 0.1) is 12.1 Å². The highest BCUT2D eigenvalue weighted by Gasteiger charge is 2.18. The topological polar surface area (TPSA) is 97.9 Å². The fraction of sp³-hybridized carbons (Fsp3) is 0.591. The Hall–Kier alpha value is -3.56. The molecule has 0 spiro atoms. The number of hydrogen-bond acceptors (Lipinski definition) is 6. The second-order valence-electron chi connectivity index (χ2n) is 14.6. The predicted octanol–water partition coefficient (Wildman–Crippen LogP) is 11.2. The zero-order valence-corrected chi connectivity index (χ0v) is 33.2. The van der Waals surface area contributed by atoms with Crippen LogP contribution in [-0.4, -0.2) is 67.0 Å². The molecule has 8 nitrogen and oxygen atoms in total. The number of H-pyrrole nitrogens is 1. The lowest BCUT2D eigenvalue weighted by atomic mass is 10.0. The fourth-order valence-corrected chi connectivity index (χ4v) is 7.99. The first-order chi connectivity index (χ1) is 26.0. The van der Waals surface area contributed by atoms with Crippen LogP contribution in [0.25, 0.3) is 21.0 Å². The number of thiophene rings is 1. The molecule has 53 heavy (non-hydrogen) atoms. The number of nitrogens with zero attached hydrogens (tertiary/aromatic N) is 2. The summed E-state index contributed by atoms with van der Waals surface area (Å²) < 4.78 is 7.28. The fourth-order valence-electron chi connectivity index (χ4n) is 7.18. The zero-order chi connectivity index (χ0) is 37.4. The van der Waals surface area contributed by atoms with E-state index in [0.717, 1.165) is 75.1 Å². The number of rotatable bonds is 24. The van der Waals surface area contributed by atoms with Crippen molar-refractivity contribution < 1.29 is 14.6 Å². The van der Waals surface area contributed by atoms with Gasteiger partial charge < -0.3 is 25.0 Å². The number of ether oxygens (including phenoxy) is 1. The Bertz CT molecular complexity index is 1630. The van der Waals surface area contributed by atoms with E-state index in [1.165, 1.54) is 106 Å². The number of anilines is 1. The van der Waals surface area contributed by atoms with Crippen LogP contribution in [0.3, 0.4) is 0 Å². The van der Waals surface area contributed by atoms with Crippen molar-refractivity contribution in [2.75, 3.05) is 50.8 Å². The molecule has 4 aromatic rings. The van der Waals surface area contributed by atoms with Crippen molar-refractivity contribution in [1.82, 2.24) is 15.2 Å². The van der Waals surface area contributed by atoms with Gasteiger partial charge in [0.2, 0.25) is 5.56 Å². The van der Waals surface area contributed by atoms with Crippen LogP contribution in [0.15, 0.2) is 64.8 Å². The minimum Gasteiger partial charge on any atom is -0.494 e. The van der Waals surface area contributed by atoms with Crippen LogP contribution in [-0.2, 0) is 0 Å². The van der Waals surface area contributed by atoms with Crippen molar-refractivity contribution in [1.29, 1.82) is 0 Å². The van der Waals surface area contributed by atoms with Gasteiger partial charge in [-0.1, -0.05) is 109 Å². The molecular weight excluding hydrogens is 681 g/mol. The molecule has 0 aliphatic carbocycles. The van der Waals surface area contributed by atoms with Crippen molar-refractivity contribution in [2.45, 2.75) is 122 Å². The maximum absolute atomic E-state index is 11.5. The van der Waals surface area contributed by atoms with Gasteiger partial charge in [0.1, 0.15) is 5.75 Å². The van der Waals surface area contributed by atoms with Gasteiger partial charge >= 0.3 is 6.09 Å². The second kappa shape index (κ2) is 25.5. The summed E-state index contributed by atoms with van der Waals surface area (Å²) in [5, 5.41) is 15.4. The molecule has 1 saturated heterocycles. The number of piperazine rings is 1. The first kappa shape index (κ1) is 42.2. The maximum Gasteiger partial charge on any atom is 0.404 e. The molecule has 5 rings (SSSR count). The monoisotopic (exact) mass is 746 g/mol. The summed E-state index contributed by atoms with van der Waals surface area (Å²) >= 11 is 1.82. The number of benzene rings is 2. The number of carboxylic acid groups (broad SMARTS) is 1. The lowest BCUT2D eigenvalue weighted by Gasteiger charge is -2.36. The first-order valence-corrected chi connectivity index (χ1v) is 21.6. The number of hydrogen-bond donors (Lipinski definition) is 3. The van der Waals surface area contributed by atoms with Crippen LogP contribution < -0.4 is 20.5 Å². The van der Waals surface area contributed by atoms with E-state index in [0.29, 0.717) is 13.2 Å². The summed E-state index contributed by atoms with van der Waals surface area (Å²) in [4.78, 5) is 29.7. The number of amides is 1. The van der Waals surface area contributed by atoms with Crippen LogP contribution in [0.5, 0.6) is 5.75 Å². The third-order valence-corrected chi connectivity index (χ3v) is 11.2. The molecule has 0 bridgehead atoms. The lowest BCUT2D eigenvalue weighted by Crippen LogP contribution is -2.46. The number of unbranched alkanes of at least 4 members (excludes halogenated alkanes) is 16. The summed E-state index contributed by atoms with van der Waals surface area (Å²) in [5.41, 5.74) is 2.11. The number of carbonyl (C=O) groups is 1. The van der Waals surface area contributed by atoms with Crippen molar-refractivity contribution in [3.8, 4) is 5.75 Å². The molecular formula is C44H66N4O4S. The number of fused-ring (bicyclic) bond motifs is 2. The largest absolute Gasteiger partial charge is 0.494 e. The molecule has 0 unspecified atom stereocenters. The Balaban J connectivity index is 0.000000254. The van der Waals surface area contributed by atoms with Gasteiger partial charge in [-0.05, 0) is 73.0 Å². The third kappa shape index (κ3) is 16.6. The quantitative estimate of drug-likeness (QED) is 0.0618. The zero-order valence-electron chi connectivity index (χ0n) is 32.4. The molecule has 1 aliphatic rings. The average Bonchev–Trinajstić information content (AvgIpc) is 3.66. The lowest BCUT2D eigenvalue weighted by molar-refractivity contribution is 0.194. The van der Waals surface area contributed by atoms with Crippen LogP contribution >= 0.6 is 11.3 Å². The summed E-state index contributed by atoms with van der Waals surface area (Å²) in [6, 6.07) is 18.1. The molecule has 9 heteroatoms. The molecule has 0 saturated carbocycles. The molecule has 0 atom stereocenters. The van der Waals surface area contributed by atoms with Gasteiger partial charge in [-0.15, -0.1) is 11.3 Å². The first-order valence-electron chi connectivity index (χ1n) is 20.7. The third-order valence-electron chi connectivity index (χ3n) is 10.3. The van der Waals surface area contributed by atoms with Crippen LogP contribution in [0.1, 0.15) is 122 Å². The van der Waals surface area contributed by atoms with Crippen LogP contribution in [0.2, 0.25) is 0 Å². The highest BCUT2D eigenvalue weighted by Crippen LogP contribution is 2.31. The van der Waals surface area contributed by atoms with E-state index in [2.05, 4.69) is 56.7 Å². The second-order valence-corrected chi connectivity index (χ2v) is 15.5. The Morgan fingerprint density at radius 1 is 0.774 bits per heavy atom. The van der Waals surface area contributed by atoms with Crippen molar-refractivity contribution in [3.63, 3.8) is 0 Å². The Labute approximate surface area is 322 Å². The minimum absolute atomic E-state index is 0.0863. The number of pyridine rings is 1. The Morgan fingerprint density at radius 3 is 2.08 bits per heavy atom. The van der Waals surface area contributed by atoms with E-state index < -0.39 is 6.09 Å². The van der Waals surface area contributed by atoms with Crippen LogP contribution in [0.4, 0.5) is 10.5 Å². The van der Waals surface area contributed by atoms with E-state index in [1.807, 2.05) is 35.6 Å². The summed E-state index contributed by atoms with van der Waals surface area (Å²) in [5.74, 6) is 0.811. The number of aromatic amines is 1. The molecule has 292 valence electrons. The van der Waals surface area contributed by atoms with E-state index in [-0.39, 0.29) is 5.56 Å².